The molecule has 0 saturated heterocycles. The van der Waals surface area contributed by atoms with E-state index in [1.165, 1.54) is 0 Å². The zero-order chi connectivity index (χ0) is 49.6. The van der Waals surface area contributed by atoms with E-state index in [4.69, 9.17) is 24.2 Å². The van der Waals surface area contributed by atoms with Crippen molar-refractivity contribution < 1.29 is 17.7 Å². The second kappa shape index (κ2) is 15.5. The molecule has 16 rings (SSSR count). The molecule has 0 spiro atoms. The number of fused-ring (bicyclic) bond motifs is 19. The molecule has 10 aromatic carbocycles. The quantitative estimate of drug-likeness (QED) is 0.159. The summed E-state index contributed by atoms with van der Waals surface area (Å²) in [5.74, 6) is 0. The minimum atomic E-state index is 0.757. The maximum absolute atomic E-state index is 7.20. The summed E-state index contributed by atoms with van der Waals surface area (Å²) in [6.45, 7) is 9.42. The molecule has 0 radical (unpaired) electrons. The third kappa shape index (κ3) is 5.69. The van der Waals surface area contributed by atoms with Gasteiger partial charge in [-0.15, -0.1) is 0 Å². The molecule has 6 aromatic heterocycles. The Balaban J connectivity index is 1.13. The fourth-order valence-corrected chi connectivity index (χ4v) is 12.3. The van der Waals surface area contributed by atoms with Gasteiger partial charge in [-0.3, -0.25) is 0 Å². The second-order valence-electron chi connectivity index (χ2n) is 19.6. The number of para-hydroxylation sites is 8. The van der Waals surface area contributed by atoms with Gasteiger partial charge in [0, 0.05) is 76.0 Å². The van der Waals surface area contributed by atoms with Gasteiger partial charge < -0.3 is 31.9 Å². The van der Waals surface area contributed by atoms with Gasteiger partial charge in [-0.2, -0.15) is 0 Å². The third-order valence-electron chi connectivity index (χ3n) is 15.5. The highest BCUT2D eigenvalue weighted by atomic mass is 16.3. The average molecular weight is 966 g/mol. The summed E-state index contributed by atoms with van der Waals surface area (Å²) >= 11 is 0. The molecular weight excluding hydrogens is 923 g/mol. The number of furan rings is 4. The maximum atomic E-state index is 7.20. The molecule has 0 saturated carbocycles. The summed E-state index contributed by atoms with van der Waals surface area (Å²) in [6.07, 6.45) is 4.36. The number of rotatable bonds is 7. The van der Waals surface area contributed by atoms with Crippen molar-refractivity contribution in [1.82, 2.24) is 4.40 Å². The van der Waals surface area contributed by atoms with Gasteiger partial charge in [0.15, 0.2) is 22.3 Å². The predicted octanol–water partition coefficient (Wildman–Crippen LogP) is 19.3. The van der Waals surface area contributed by atoms with Crippen LogP contribution in [-0.4, -0.2) is 4.40 Å². The lowest BCUT2D eigenvalue weighted by Gasteiger charge is -2.28. The van der Waals surface area contributed by atoms with Crippen molar-refractivity contribution in [2.24, 2.45) is 0 Å². The van der Waals surface area contributed by atoms with Crippen LogP contribution in [0.15, 0.2) is 224 Å². The molecule has 0 bridgehead atoms. The van der Waals surface area contributed by atoms with Crippen molar-refractivity contribution >= 4 is 162 Å². The van der Waals surface area contributed by atoms with Crippen LogP contribution in [0.3, 0.4) is 0 Å². The fourth-order valence-electron chi connectivity index (χ4n) is 12.3. The molecule has 0 fully saturated rings. The lowest BCUT2D eigenvalue weighted by molar-refractivity contribution is 0.668. The minimum Gasteiger partial charge on any atom is -0.454 e. The van der Waals surface area contributed by atoms with Gasteiger partial charge >= 0.3 is 0 Å². The van der Waals surface area contributed by atoms with E-state index < -0.39 is 0 Å². The van der Waals surface area contributed by atoms with E-state index in [0.29, 0.717) is 0 Å². The summed E-state index contributed by atoms with van der Waals surface area (Å²) in [5, 5.41) is 11.0. The van der Waals surface area contributed by atoms with E-state index >= 15 is 0 Å². The van der Waals surface area contributed by atoms with Crippen LogP contribution in [0.4, 0.5) is 34.1 Å². The number of nitrogens with zero attached hydrogens (tertiary/aromatic N) is 3. The van der Waals surface area contributed by atoms with Crippen molar-refractivity contribution in [2.75, 3.05) is 9.80 Å². The molecule has 16 aromatic rings. The third-order valence-corrected chi connectivity index (χ3v) is 15.5. The number of aryl methyl sites for hydroxylation is 1. The van der Waals surface area contributed by atoms with Crippen molar-refractivity contribution in [3.05, 3.63) is 223 Å². The standard InChI is InChI=1S/C68H43N3O4/c1-4-20-48-61-55(69(41-22-6-5-7-23-41)52-31-18-28-46-42-24-9-14-33-56(42)72-65(46)52)38-50-45-27-12-17-36-59(45)75-68(50)64(61)71-62(48)40(3)60-54(37-49-44-26-11-16-35-58(44)74-67(49)63(60)71)70(51-30-13-8-21-39(51)2)53-32-19-29-47-43-25-10-15-34-57(43)73-66(47)53/h4-38H,3H2,1-2H3/b20-4-. The first-order valence-corrected chi connectivity index (χ1v) is 25.4. The SMILES string of the molecule is C=c1c2c(N(c3ccccc3C)c3cccc4c3oc3ccccc34)cc3c4ccccc4oc3c2n2c1c(/C=C\C)c1c(N(c3ccccc3)c3cccc4c3oc3ccccc34)cc3c4ccccc4oc3c12. The molecule has 0 unspecified atom stereocenters. The number of hydrogen-bond acceptors (Lipinski definition) is 6. The minimum absolute atomic E-state index is 0.757. The summed E-state index contributed by atoms with van der Waals surface area (Å²) in [4.78, 5) is 4.74. The Kier molecular flexibility index (Phi) is 8.61. The van der Waals surface area contributed by atoms with E-state index in [1.54, 1.807) is 0 Å². The normalized spacial score (nSPS) is 12.4. The van der Waals surface area contributed by atoms with Gasteiger partial charge in [-0.25, -0.2) is 0 Å². The van der Waals surface area contributed by atoms with Crippen molar-refractivity contribution in [3.63, 3.8) is 0 Å². The maximum Gasteiger partial charge on any atom is 0.160 e. The lowest BCUT2D eigenvalue weighted by atomic mass is 10.0. The van der Waals surface area contributed by atoms with Gasteiger partial charge in [-0.05, 0) is 86.1 Å². The molecule has 0 aliphatic rings. The van der Waals surface area contributed by atoms with Crippen molar-refractivity contribution in [1.29, 1.82) is 0 Å². The molecule has 0 atom stereocenters. The predicted molar refractivity (Wildman–Crippen MR) is 311 cm³/mol. The Bertz CT molecular complexity index is 5140. The zero-order valence-electron chi connectivity index (χ0n) is 40.9. The highest BCUT2D eigenvalue weighted by Crippen LogP contribution is 2.53. The number of allylic oxidation sites excluding steroid dienone is 1. The smallest absolute Gasteiger partial charge is 0.160 e. The summed E-state index contributed by atoms with van der Waals surface area (Å²) < 4.78 is 30.6. The van der Waals surface area contributed by atoms with Gasteiger partial charge in [-0.1, -0.05) is 152 Å². The van der Waals surface area contributed by atoms with Gasteiger partial charge in [0.25, 0.3) is 0 Å². The van der Waals surface area contributed by atoms with Crippen LogP contribution in [-0.2, 0) is 0 Å². The topological polar surface area (TPSA) is 63.5 Å². The fraction of sp³-hybridized carbons (Fsp3) is 0.0294. The molecule has 6 heterocycles. The van der Waals surface area contributed by atoms with E-state index in [1.807, 2.05) is 36.4 Å². The van der Waals surface area contributed by atoms with E-state index in [0.717, 1.165) is 166 Å². The zero-order valence-corrected chi connectivity index (χ0v) is 40.9. The summed E-state index contributed by atoms with van der Waals surface area (Å²) in [7, 11) is 0. The molecule has 0 N–H and O–H groups in total. The number of hydrogen-bond donors (Lipinski definition) is 0. The Labute approximate surface area is 428 Å². The van der Waals surface area contributed by atoms with Crippen LogP contribution in [0.1, 0.15) is 18.1 Å². The van der Waals surface area contributed by atoms with E-state index in [9.17, 15) is 0 Å². The van der Waals surface area contributed by atoms with Crippen molar-refractivity contribution in [3.8, 4) is 0 Å². The Morgan fingerprint density at radius 2 is 0.813 bits per heavy atom. The highest BCUT2D eigenvalue weighted by molar-refractivity contribution is 6.28. The van der Waals surface area contributed by atoms with Crippen LogP contribution < -0.4 is 15.0 Å². The molecule has 0 aliphatic carbocycles. The second-order valence-corrected chi connectivity index (χ2v) is 19.6. The average Bonchev–Trinajstić information content (AvgIpc) is 4.50. The van der Waals surface area contributed by atoms with Crippen LogP contribution in [0.2, 0.25) is 0 Å². The number of aromatic nitrogens is 1. The molecular formula is C68H43N3O4. The Morgan fingerprint density at radius 1 is 0.387 bits per heavy atom. The van der Waals surface area contributed by atoms with Crippen LogP contribution in [0.5, 0.6) is 0 Å². The van der Waals surface area contributed by atoms with Gasteiger partial charge in [0.1, 0.15) is 33.4 Å². The van der Waals surface area contributed by atoms with Crippen molar-refractivity contribution in [2.45, 2.75) is 13.8 Å². The van der Waals surface area contributed by atoms with E-state index in [-0.39, 0.29) is 0 Å². The molecule has 354 valence electrons. The lowest BCUT2D eigenvalue weighted by Crippen LogP contribution is -2.14. The molecule has 7 nitrogen and oxygen atoms in total. The highest BCUT2D eigenvalue weighted by Gasteiger charge is 2.33. The number of benzene rings is 10. The van der Waals surface area contributed by atoms with Crippen LogP contribution >= 0.6 is 0 Å². The first-order valence-electron chi connectivity index (χ1n) is 25.4. The first kappa shape index (κ1) is 41.6. The summed E-state index contributed by atoms with van der Waals surface area (Å²) in [5.41, 5.74) is 16.9. The Hall–Kier alpha value is -9.98. The van der Waals surface area contributed by atoms with E-state index in [2.05, 4.69) is 204 Å². The van der Waals surface area contributed by atoms with Gasteiger partial charge in [0.05, 0.1) is 28.3 Å². The molecule has 75 heavy (non-hydrogen) atoms. The summed E-state index contributed by atoms with van der Waals surface area (Å²) in [6, 6.07) is 70.0. The van der Waals surface area contributed by atoms with Crippen LogP contribution in [0, 0.1) is 6.92 Å². The molecule has 0 amide bonds. The first-order chi connectivity index (χ1) is 37.0. The molecule has 0 aliphatic heterocycles. The Morgan fingerprint density at radius 3 is 1.36 bits per heavy atom. The number of anilines is 6. The molecule has 7 heteroatoms. The van der Waals surface area contributed by atoms with Crippen LogP contribution in [0.25, 0.3) is 128 Å². The monoisotopic (exact) mass is 965 g/mol. The largest absolute Gasteiger partial charge is 0.454 e. The van der Waals surface area contributed by atoms with Gasteiger partial charge in [0.2, 0.25) is 0 Å².